The van der Waals surface area contributed by atoms with Gasteiger partial charge in [-0.25, -0.2) is 4.31 Å². The smallest absolute Gasteiger partial charge is 0.304 e. The number of hydrogen-bond donors (Lipinski definition) is 1. The summed E-state index contributed by atoms with van der Waals surface area (Å²) in [6, 6.07) is 16.1. The molecule has 0 spiro atoms. The van der Waals surface area contributed by atoms with Gasteiger partial charge in [0.05, 0.1) is 18.9 Å². The number of nitrogens with zero attached hydrogens (tertiary/aromatic N) is 3. The Bertz CT molecular complexity index is 911. The number of carbonyl (C=O) groups excluding carboxylic acids is 1. The van der Waals surface area contributed by atoms with E-state index in [0.29, 0.717) is 24.6 Å². The molecule has 0 atom stereocenters. The van der Waals surface area contributed by atoms with Gasteiger partial charge in [-0.3, -0.25) is 4.79 Å². The number of nitrogens with one attached hydrogen (secondary N) is 1. The van der Waals surface area contributed by atoms with Gasteiger partial charge in [0.25, 0.3) is 0 Å². The summed E-state index contributed by atoms with van der Waals surface area (Å²) >= 11 is 0. The fourth-order valence-corrected chi connectivity index (χ4v) is 4.07. The predicted octanol–water partition coefficient (Wildman–Crippen LogP) is 1.77. The minimum Gasteiger partial charge on any atom is -0.378 e. The second kappa shape index (κ2) is 9.25. The number of para-hydroxylation sites is 1. The van der Waals surface area contributed by atoms with Crippen molar-refractivity contribution in [3.63, 3.8) is 0 Å². The van der Waals surface area contributed by atoms with Crippen LogP contribution in [-0.4, -0.2) is 65.6 Å². The number of hydrogen-bond acceptors (Lipinski definition) is 5. The van der Waals surface area contributed by atoms with Crippen LogP contribution in [0.1, 0.15) is 0 Å². The lowest BCUT2D eigenvalue weighted by Gasteiger charge is -2.29. The Morgan fingerprint density at radius 2 is 1.66 bits per heavy atom. The zero-order chi connectivity index (χ0) is 20.9. The van der Waals surface area contributed by atoms with Crippen molar-refractivity contribution >= 4 is 33.2 Å². The van der Waals surface area contributed by atoms with Gasteiger partial charge in [-0.05, 0) is 36.4 Å². The van der Waals surface area contributed by atoms with Crippen LogP contribution in [-0.2, 0) is 19.7 Å². The Morgan fingerprint density at radius 3 is 2.24 bits per heavy atom. The Balaban J connectivity index is 1.70. The van der Waals surface area contributed by atoms with Crippen LogP contribution in [0.2, 0.25) is 0 Å². The number of amides is 1. The molecule has 156 valence electrons. The maximum Gasteiger partial charge on any atom is 0.304 e. The van der Waals surface area contributed by atoms with E-state index >= 15 is 0 Å². The first-order valence-corrected chi connectivity index (χ1v) is 10.8. The molecule has 8 nitrogen and oxygen atoms in total. The molecule has 0 radical (unpaired) electrons. The van der Waals surface area contributed by atoms with Crippen molar-refractivity contribution in [1.82, 2.24) is 4.31 Å². The lowest BCUT2D eigenvalue weighted by molar-refractivity contribution is -0.114. The van der Waals surface area contributed by atoms with Gasteiger partial charge in [-0.15, -0.1) is 0 Å². The zero-order valence-corrected chi connectivity index (χ0v) is 17.4. The van der Waals surface area contributed by atoms with Gasteiger partial charge in [0, 0.05) is 38.6 Å². The fourth-order valence-electron chi connectivity index (χ4n) is 3.01. The molecule has 1 saturated heterocycles. The van der Waals surface area contributed by atoms with Crippen molar-refractivity contribution in [3.05, 3.63) is 54.6 Å². The quantitative estimate of drug-likeness (QED) is 0.741. The second-order valence-corrected chi connectivity index (χ2v) is 8.89. The van der Waals surface area contributed by atoms with Crippen LogP contribution in [0.25, 0.3) is 0 Å². The van der Waals surface area contributed by atoms with Crippen molar-refractivity contribution < 1.29 is 17.9 Å². The van der Waals surface area contributed by atoms with Crippen molar-refractivity contribution in [2.75, 3.05) is 61.5 Å². The number of benzene rings is 2. The number of morpholine rings is 1. The minimum atomic E-state index is -3.81. The number of anilines is 3. The van der Waals surface area contributed by atoms with Crippen molar-refractivity contribution in [1.29, 1.82) is 0 Å². The third-order valence-corrected chi connectivity index (χ3v) is 6.42. The average Bonchev–Trinajstić information content (AvgIpc) is 2.73. The van der Waals surface area contributed by atoms with E-state index in [1.54, 1.807) is 30.3 Å². The Morgan fingerprint density at radius 1 is 1.03 bits per heavy atom. The summed E-state index contributed by atoms with van der Waals surface area (Å²) < 4.78 is 32.9. The molecule has 0 saturated carbocycles. The second-order valence-electron chi connectivity index (χ2n) is 6.83. The van der Waals surface area contributed by atoms with E-state index in [2.05, 4.69) is 10.2 Å². The molecule has 1 heterocycles. The molecule has 2 aromatic rings. The number of carbonyl (C=O) groups is 1. The largest absolute Gasteiger partial charge is 0.378 e. The lowest BCUT2D eigenvalue weighted by Crippen LogP contribution is -2.44. The monoisotopic (exact) mass is 418 g/mol. The zero-order valence-electron chi connectivity index (χ0n) is 16.6. The minimum absolute atomic E-state index is 0.324. The summed E-state index contributed by atoms with van der Waals surface area (Å²) in [6.45, 7) is 2.75. The molecule has 2 aromatic carbocycles. The highest BCUT2D eigenvalue weighted by atomic mass is 32.2. The van der Waals surface area contributed by atoms with Gasteiger partial charge in [-0.2, -0.15) is 12.7 Å². The third kappa shape index (κ3) is 5.26. The van der Waals surface area contributed by atoms with Crippen LogP contribution in [0.4, 0.5) is 17.1 Å². The van der Waals surface area contributed by atoms with E-state index in [0.717, 1.165) is 27.4 Å². The highest BCUT2D eigenvalue weighted by molar-refractivity contribution is 7.90. The summed E-state index contributed by atoms with van der Waals surface area (Å²) in [7, 11) is -0.937. The standard InChI is InChI=1S/C20H26N4O4S/c1-22(2)29(26,27)24(19-6-4-3-5-7-19)16-20(25)21-17-8-10-18(11-9-17)23-12-14-28-15-13-23/h3-11H,12-16H2,1-2H3,(H,21,25). The maximum atomic E-state index is 12.7. The highest BCUT2D eigenvalue weighted by Crippen LogP contribution is 2.21. The van der Waals surface area contributed by atoms with E-state index in [9.17, 15) is 13.2 Å². The van der Waals surface area contributed by atoms with Crippen molar-refractivity contribution in [2.24, 2.45) is 0 Å². The Labute approximate surface area is 171 Å². The van der Waals surface area contributed by atoms with Crippen LogP contribution in [0, 0.1) is 0 Å². The molecule has 0 unspecified atom stereocenters. The van der Waals surface area contributed by atoms with Gasteiger partial charge in [0.2, 0.25) is 5.91 Å². The van der Waals surface area contributed by atoms with E-state index in [4.69, 9.17) is 4.74 Å². The number of rotatable bonds is 7. The topological polar surface area (TPSA) is 82.2 Å². The van der Waals surface area contributed by atoms with Crippen LogP contribution >= 0.6 is 0 Å². The SMILES string of the molecule is CN(C)S(=O)(=O)N(CC(=O)Nc1ccc(N2CCOCC2)cc1)c1ccccc1. The summed E-state index contributed by atoms with van der Waals surface area (Å²) in [5.74, 6) is -0.418. The van der Waals surface area contributed by atoms with E-state index in [1.165, 1.54) is 14.1 Å². The van der Waals surface area contributed by atoms with Gasteiger partial charge in [0.1, 0.15) is 6.54 Å². The van der Waals surface area contributed by atoms with Gasteiger partial charge in [0.15, 0.2) is 0 Å². The number of ether oxygens (including phenoxy) is 1. The lowest BCUT2D eigenvalue weighted by atomic mass is 10.2. The molecule has 1 aliphatic heterocycles. The molecule has 0 bridgehead atoms. The van der Waals surface area contributed by atoms with Crippen LogP contribution in [0.3, 0.4) is 0 Å². The van der Waals surface area contributed by atoms with E-state index in [1.807, 2.05) is 24.3 Å². The molecule has 1 N–H and O–H groups in total. The predicted molar refractivity (Wildman–Crippen MR) is 114 cm³/mol. The molecule has 9 heteroatoms. The van der Waals surface area contributed by atoms with Crippen LogP contribution < -0.4 is 14.5 Å². The molecule has 29 heavy (non-hydrogen) atoms. The van der Waals surface area contributed by atoms with E-state index in [-0.39, 0.29) is 6.54 Å². The molecule has 0 aliphatic carbocycles. The molecule has 0 aromatic heterocycles. The van der Waals surface area contributed by atoms with Crippen LogP contribution in [0.5, 0.6) is 0 Å². The van der Waals surface area contributed by atoms with E-state index < -0.39 is 16.1 Å². The van der Waals surface area contributed by atoms with Crippen molar-refractivity contribution in [2.45, 2.75) is 0 Å². The summed E-state index contributed by atoms with van der Waals surface area (Å²) in [5, 5.41) is 2.78. The Kier molecular flexibility index (Phi) is 6.73. The average molecular weight is 419 g/mol. The fraction of sp³-hybridized carbons (Fsp3) is 0.350. The third-order valence-electron chi connectivity index (χ3n) is 4.60. The van der Waals surface area contributed by atoms with Gasteiger partial charge < -0.3 is 15.0 Å². The first-order valence-electron chi connectivity index (χ1n) is 9.36. The van der Waals surface area contributed by atoms with Crippen LogP contribution in [0.15, 0.2) is 54.6 Å². The molecular weight excluding hydrogens is 392 g/mol. The summed E-state index contributed by atoms with van der Waals surface area (Å²) in [5.41, 5.74) is 2.11. The summed E-state index contributed by atoms with van der Waals surface area (Å²) in [4.78, 5) is 14.8. The first kappa shape index (κ1) is 21.1. The molecule has 1 fully saturated rings. The highest BCUT2D eigenvalue weighted by Gasteiger charge is 2.27. The van der Waals surface area contributed by atoms with Crippen molar-refractivity contribution in [3.8, 4) is 0 Å². The molecule has 3 rings (SSSR count). The molecular formula is C20H26N4O4S. The Hall–Kier alpha value is -2.62. The normalized spacial score (nSPS) is 14.7. The summed E-state index contributed by atoms with van der Waals surface area (Å²) in [6.07, 6.45) is 0. The maximum absolute atomic E-state index is 12.7. The molecule has 1 aliphatic rings. The van der Waals surface area contributed by atoms with Gasteiger partial charge in [-0.1, -0.05) is 18.2 Å². The first-order chi connectivity index (χ1) is 13.9. The molecule has 1 amide bonds. The van der Waals surface area contributed by atoms with Gasteiger partial charge >= 0.3 is 10.2 Å².